The number of phenols is 1. The number of aliphatic hydroxyl groups excluding tert-OH is 1. The van der Waals surface area contributed by atoms with Crippen molar-refractivity contribution < 1.29 is 24.3 Å². The van der Waals surface area contributed by atoms with Crippen molar-refractivity contribution in [1.82, 2.24) is 15.8 Å². The summed E-state index contributed by atoms with van der Waals surface area (Å²) in [7, 11) is 0. The minimum absolute atomic E-state index is 0.139. The van der Waals surface area contributed by atoms with E-state index in [1.165, 1.54) is 0 Å². The van der Waals surface area contributed by atoms with E-state index in [1.54, 1.807) is 18.2 Å². The predicted molar refractivity (Wildman–Crippen MR) is 118 cm³/mol. The van der Waals surface area contributed by atoms with E-state index < -0.39 is 12.2 Å². The lowest BCUT2D eigenvalue weighted by molar-refractivity contribution is -0.113. The number of hydrogen-bond acceptors (Lipinski definition) is 6. The van der Waals surface area contributed by atoms with Crippen LogP contribution >= 0.6 is 0 Å². The van der Waals surface area contributed by atoms with Gasteiger partial charge in [-0.15, -0.1) is 0 Å². The molecule has 4 rings (SSSR count). The Kier molecular flexibility index (Phi) is 7.03. The summed E-state index contributed by atoms with van der Waals surface area (Å²) >= 11 is 0. The Bertz CT molecular complexity index is 1020. The van der Waals surface area contributed by atoms with Crippen LogP contribution in [0.1, 0.15) is 24.1 Å². The van der Waals surface area contributed by atoms with Crippen molar-refractivity contribution in [2.45, 2.75) is 44.1 Å². The lowest BCUT2D eigenvalue weighted by Crippen LogP contribution is -2.48. The summed E-state index contributed by atoms with van der Waals surface area (Å²) in [6, 6.07) is 17.9. The Hall–Kier alpha value is -3.36. The molecule has 0 radical (unpaired) electrons. The number of carbonyl (C=O) groups excluding carboxylic acids is 1. The van der Waals surface area contributed by atoms with Gasteiger partial charge in [-0.05, 0) is 30.5 Å². The highest BCUT2D eigenvalue weighted by Crippen LogP contribution is 2.26. The van der Waals surface area contributed by atoms with Gasteiger partial charge in [-0.1, -0.05) is 47.6 Å². The molecule has 8 heteroatoms. The van der Waals surface area contributed by atoms with E-state index in [0.717, 1.165) is 16.8 Å². The number of carbonyl (C=O) groups is 1. The average molecular weight is 437 g/mol. The smallest absolute Gasteiger partial charge is 0.315 e. The van der Waals surface area contributed by atoms with Gasteiger partial charge in [0.15, 0.2) is 5.76 Å². The number of phenolic OH excluding ortho intramolecular Hbond substituents is 1. The molecule has 8 nitrogen and oxygen atoms in total. The van der Waals surface area contributed by atoms with Crippen LogP contribution in [-0.4, -0.2) is 46.3 Å². The molecule has 0 aliphatic carbocycles. The molecule has 3 aromatic rings. The second kappa shape index (κ2) is 10.3. The molecule has 0 bridgehead atoms. The molecule has 1 saturated heterocycles. The van der Waals surface area contributed by atoms with Gasteiger partial charge in [-0.25, -0.2) is 4.79 Å². The number of rotatable bonds is 7. The standard InChI is InChI=1S/C24H27N3O5/c28-19-8-4-7-17(11-19)22-13-18(27-32-22)12-20-9-10-21(29)23(31-20)15-26-24(30)25-14-16-5-2-1-3-6-16/h1-8,11,13,20-21,23,28-29H,9-10,12,14-15H2,(H2,25,26,30)/t20-,21-,23+/m0/s1. The molecule has 2 amide bonds. The first kappa shape index (κ1) is 21.9. The summed E-state index contributed by atoms with van der Waals surface area (Å²) < 4.78 is 11.4. The number of nitrogens with one attached hydrogen (secondary N) is 2. The average Bonchev–Trinajstić information content (AvgIpc) is 3.27. The molecule has 1 fully saturated rings. The maximum absolute atomic E-state index is 12.1. The molecule has 1 aliphatic rings. The summed E-state index contributed by atoms with van der Waals surface area (Å²) in [5.74, 6) is 0.730. The first-order chi connectivity index (χ1) is 15.6. The van der Waals surface area contributed by atoms with Crippen LogP contribution in [0.2, 0.25) is 0 Å². The summed E-state index contributed by atoms with van der Waals surface area (Å²) in [6.45, 7) is 0.642. The zero-order valence-corrected chi connectivity index (χ0v) is 17.6. The Morgan fingerprint density at radius 2 is 1.91 bits per heavy atom. The van der Waals surface area contributed by atoms with Crippen molar-refractivity contribution in [3.8, 4) is 17.1 Å². The molecular weight excluding hydrogens is 410 g/mol. The van der Waals surface area contributed by atoms with E-state index in [1.807, 2.05) is 42.5 Å². The number of ether oxygens (including phenoxy) is 1. The number of urea groups is 1. The third-order valence-corrected chi connectivity index (χ3v) is 5.47. The number of aromatic nitrogens is 1. The van der Waals surface area contributed by atoms with Gasteiger partial charge in [0.05, 0.1) is 17.9 Å². The van der Waals surface area contributed by atoms with Crippen LogP contribution < -0.4 is 10.6 Å². The van der Waals surface area contributed by atoms with Crippen molar-refractivity contribution in [2.75, 3.05) is 6.54 Å². The second-order valence-electron chi connectivity index (χ2n) is 7.93. The van der Waals surface area contributed by atoms with E-state index in [4.69, 9.17) is 9.26 Å². The van der Waals surface area contributed by atoms with E-state index in [9.17, 15) is 15.0 Å². The number of aromatic hydroxyl groups is 1. The van der Waals surface area contributed by atoms with Gasteiger partial charge < -0.3 is 30.1 Å². The Morgan fingerprint density at radius 1 is 1.06 bits per heavy atom. The number of amides is 2. The fourth-order valence-corrected chi connectivity index (χ4v) is 3.75. The summed E-state index contributed by atoms with van der Waals surface area (Å²) in [5, 5.41) is 29.6. The highest BCUT2D eigenvalue weighted by molar-refractivity contribution is 5.73. The lowest BCUT2D eigenvalue weighted by Gasteiger charge is -2.33. The van der Waals surface area contributed by atoms with Gasteiger partial charge >= 0.3 is 6.03 Å². The van der Waals surface area contributed by atoms with Crippen LogP contribution in [0.15, 0.2) is 65.2 Å². The monoisotopic (exact) mass is 437 g/mol. The molecule has 0 spiro atoms. The zero-order valence-electron chi connectivity index (χ0n) is 17.6. The van der Waals surface area contributed by atoms with Crippen LogP contribution in [0.3, 0.4) is 0 Å². The van der Waals surface area contributed by atoms with Crippen LogP contribution in [0, 0.1) is 0 Å². The number of benzene rings is 2. The molecule has 32 heavy (non-hydrogen) atoms. The van der Waals surface area contributed by atoms with Gasteiger partial charge in [-0.3, -0.25) is 0 Å². The maximum Gasteiger partial charge on any atom is 0.315 e. The van der Waals surface area contributed by atoms with Crippen LogP contribution in [0.5, 0.6) is 5.75 Å². The van der Waals surface area contributed by atoms with Gasteiger partial charge in [0.2, 0.25) is 0 Å². The first-order valence-corrected chi connectivity index (χ1v) is 10.7. The molecular formula is C24H27N3O5. The first-order valence-electron chi connectivity index (χ1n) is 10.7. The minimum atomic E-state index is -0.638. The van der Waals surface area contributed by atoms with E-state index in [0.29, 0.717) is 31.6 Å². The SMILES string of the molecule is O=C(NCc1ccccc1)NC[C@H]1O[C@H](Cc2cc(-c3cccc(O)c3)on2)CC[C@@H]1O. The lowest BCUT2D eigenvalue weighted by atomic mass is 9.98. The van der Waals surface area contributed by atoms with Crippen molar-refractivity contribution in [1.29, 1.82) is 0 Å². The number of nitrogens with zero attached hydrogens (tertiary/aromatic N) is 1. The largest absolute Gasteiger partial charge is 0.508 e. The van der Waals surface area contributed by atoms with Crippen LogP contribution in [-0.2, 0) is 17.7 Å². The summed E-state index contributed by atoms with van der Waals surface area (Å²) in [4.78, 5) is 12.1. The Balaban J connectivity index is 1.26. The molecule has 1 aliphatic heterocycles. The third-order valence-electron chi connectivity index (χ3n) is 5.47. The van der Waals surface area contributed by atoms with Crippen LogP contribution in [0.4, 0.5) is 4.79 Å². The Labute approximate surface area is 186 Å². The number of hydrogen-bond donors (Lipinski definition) is 4. The van der Waals surface area contributed by atoms with Crippen molar-refractivity contribution in [3.05, 3.63) is 71.9 Å². The van der Waals surface area contributed by atoms with Crippen molar-refractivity contribution in [2.24, 2.45) is 0 Å². The fraction of sp³-hybridized carbons (Fsp3) is 0.333. The molecule has 2 heterocycles. The molecule has 2 aromatic carbocycles. The van der Waals surface area contributed by atoms with Gasteiger partial charge in [0, 0.05) is 31.1 Å². The zero-order chi connectivity index (χ0) is 22.3. The van der Waals surface area contributed by atoms with E-state index in [2.05, 4.69) is 15.8 Å². The van der Waals surface area contributed by atoms with Gasteiger partial charge in [0.1, 0.15) is 11.9 Å². The van der Waals surface area contributed by atoms with E-state index in [-0.39, 0.29) is 24.4 Å². The highest BCUT2D eigenvalue weighted by atomic mass is 16.5. The van der Waals surface area contributed by atoms with E-state index >= 15 is 0 Å². The topological polar surface area (TPSA) is 117 Å². The number of aliphatic hydroxyl groups is 1. The summed E-state index contributed by atoms with van der Waals surface area (Å²) in [5.41, 5.74) is 2.48. The molecule has 1 aromatic heterocycles. The summed E-state index contributed by atoms with van der Waals surface area (Å²) in [6.07, 6.45) is 0.534. The van der Waals surface area contributed by atoms with Gasteiger partial charge in [0.25, 0.3) is 0 Å². The molecule has 0 unspecified atom stereocenters. The second-order valence-corrected chi connectivity index (χ2v) is 7.93. The fourth-order valence-electron chi connectivity index (χ4n) is 3.75. The Morgan fingerprint density at radius 3 is 2.72 bits per heavy atom. The van der Waals surface area contributed by atoms with Crippen molar-refractivity contribution in [3.63, 3.8) is 0 Å². The maximum atomic E-state index is 12.1. The quantitative estimate of drug-likeness (QED) is 0.452. The predicted octanol–water partition coefficient (Wildman–Crippen LogP) is 3.00. The third kappa shape index (κ3) is 5.87. The molecule has 3 atom stereocenters. The minimum Gasteiger partial charge on any atom is -0.508 e. The van der Waals surface area contributed by atoms with Gasteiger partial charge in [-0.2, -0.15) is 0 Å². The van der Waals surface area contributed by atoms with Crippen LogP contribution in [0.25, 0.3) is 11.3 Å². The normalized spacial score (nSPS) is 20.6. The molecule has 168 valence electrons. The van der Waals surface area contributed by atoms with Crippen molar-refractivity contribution >= 4 is 6.03 Å². The highest BCUT2D eigenvalue weighted by Gasteiger charge is 2.30. The molecule has 0 saturated carbocycles. The molecule has 4 N–H and O–H groups in total.